The summed E-state index contributed by atoms with van der Waals surface area (Å²) in [6.45, 7) is 4.64. The van der Waals surface area contributed by atoms with E-state index in [0.717, 1.165) is 54.7 Å². The Balaban J connectivity index is 1.08. The quantitative estimate of drug-likeness (QED) is 0.162. The molecule has 5 rings (SSSR count). The van der Waals surface area contributed by atoms with E-state index in [2.05, 4.69) is 38.6 Å². The van der Waals surface area contributed by atoms with Crippen molar-refractivity contribution in [3.05, 3.63) is 111 Å². The molecule has 1 saturated heterocycles. The molecule has 0 aliphatic carbocycles. The number of nitrogens with one attached hydrogen (secondary N) is 2. The highest BCUT2D eigenvalue weighted by Crippen LogP contribution is 2.34. The largest absolute Gasteiger partial charge is 0.457 e. The standard InChI is InChI=1S/C31H27Cl3N4O2S/c32-26-6-2-1-4-21(26)20-37-16-18-38(19-17-37)23-10-8-22(9-11-23)35-31(41)36-29(39)15-13-24-12-14-28(40-24)25-5-3-7-27(33)30(25)34/h1-15H,16-20H2,(H2,35,36,39,41). The van der Waals surface area contributed by atoms with E-state index < -0.39 is 0 Å². The first-order valence-electron chi connectivity index (χ1n) is 13.0. The number of anilines is 2. The molecule has 0 unspecified atom stereocenters. The molecule has 1 aliphatic heterocycles. The van der Waals surface area contributed by atoms with Crippen molar-refractivity contribution in [2.75, 3.05) is 36.4 Å². The van der Waals surface area contributed by atoms with Crippen LogP contribution in [0.25, 0.3) is 17.4 Å². The molecular weight excluding hydrogens is 599 g/mol. The Hall–Kier alpha value is -3.33. The molecule has 0 saturated carbocycles. The molecule has 3 aromatic carbocycles. The van der Waals surface area contributed by atoms with E-state index in [1.165, 1.54) is 6.08 Å². The van der Waals surface area contributed by atoms with Crippen LogP contribution < -0.4 is 15.5 Å². The summed E-state index contributed by atoms with van der Waals surface area (Å²) in [6, 6.07) is 24.8. The van der Waals surface area contributed by atoms with Gasteiger partial charge in [-0.3, -0.25) is 15.0 Å². The van der Waals surface area contributed by atoms with Crippen molar-refractivity contribution in [1.29, 1.82) is 0 Å². The molecule has 6 nitrogen and oxygen atoms in total. The second-order valence-corrected chi connectivity index (χ2v) is 11.1. The van der Waals surface area contributed by atoms with Crippen LogP contribution in [-0.2, 0) is 11.3 Å². The molecule has 0 bridgehead atoms. The fraction of sp³-hybridized carbons (Fsp3) is 0.161. The lowest BCUT2D eigenvalue weighted by atomic mass is 10.2. The molecule has 0 atom stereocenters. The van der Waals surface area contributed by atoms with Crippen molar-refractivity contribution in [3.63, 3.8) is 0 Å². The van der Waals surface area contributed by atoms with Crippen molar-refractivity contribution < 1.29 is 9.21 Å². The number of nitrogens with zero attached hydrogens (tertiary/aromatic N) is 2. The lowest BCUT2D eigenvalue weighted by molar-refractivity contribution is -0.115. The van der Waals surface area contributed by atoms with Crippen LogP contribution in [0.4, 0.5) is 11.4 Å². The van der Waals surface area contributed by atoms with Crippen LogP contribution in [0, 0.1) is 0 Å². The number of carbonyl (C=O) groups is 1. The Morgan fingerprint density at radius 2 is 1.61 bits per heavy atom. The van der Waals surface area contributed by atoms with Crippen LogP contribution in [0.3, 0.4) is 0 Å². The zero-order valence-corrected chi connectivity index (χ0v) is 25.0. The third kappa shape index (κ3) is 7.70. The van der Waals surface area contributed by atoms with Gasteiger partial charge in [0.25, 0.3) is 0 Å². The number of piperazine rings is 1. The Labute approximate surface area is 259 Å². The minimum absolute atomic E-state index is 0.200. The minimum Gasteiger partial charge on any atom is -0.457 e. The van der Waals surface area contributed by atoms with Gasteiger partial charge in [0.1, 0.15) is 11.5 Å². The topological polar surface area (TPSA) is 60.8 Å². The molecule has 0 radical (unpaired) electrons. The molecular formula is C31H27Cl3N4O2S. The molecule has 0 spiro atoms. The minimum atomic E-state index is -0.382. The molecule has 10 heteroatoms. The van der Waals surface area contributed by atoms with Gasteiger partial charge in [0.2, 0.25) is 5.91 Å². The lowest BCUT2D eigenvalue weighted by Crippen LogP contribution is -2.46. The van der Waals surface area contributed by atoms with Gasteiger partial charge in [-0.15, -0.1) is 0 Å². The van der Waals surface area contributed by atoms with Crippen LogP contribution in [-0.4, -0.2) is 42.1 Å². The van der Waals surface area contributed by atoms with Crippen LogP contribution in [0.1, 0.15) is 11.3 Å². The number of rotatable bonds is 7. The Bertz CT molecular complexity index is 1560. The number of hydrogen-bond acceptors (Lipinski definition) is 5. The predicted molar refractivity (Wildman–Crippen MR) is 173 cm³/mol. The molecule has 1 fully saturated rings. The van der Waals surface area contributed by atoms with E-state index in [1.54, 1.807) is 30.3 Å². The first kappa shape index (κ1) is 29.2. The van der Waals surface area contributed by atoms with E-state index in [4.69, 9.17) is 51.4 Å². The van der Waals surface area contributed by atoms with Gasteiger partial charge in [-0.05, 0) is 78.5 Å². The molecule has 4 aromatic rings. The summed E-state index contributed by atoms with van der Waals surface area (Å²) in [5.41, 5.74) is 3.76. The van der Waals surface area contributed by atoms with Gasteiger partial charge in [-0.2, -0.15) is 0 Å². The Morgan fingerprint density at radius 3 is 2.37 bits per heavy atom. The van der Waals surface area contributed by atoms with E-state index >= 15 is 0 Å². The van der Waals surface area contributed by atoms with E-state index in [-0.39, 0.29) is 11.0 Å². The summed E-state index contributed by atoms with van der Waals surface area (Å²) in [4.78, 5) is 17.2. The maximum absolute atomic E-state index is 12.4. The molecule has 41 heavy (non-hydrogen) atoms. The van der Waals surface area contributed by atoms with Gasteiger partial charge >= 0.3 is 0 Å². The molecule has 1 aliphatic rings. The highest BCUT2D eigenvalue weighted by Gasteiger charge is 2.18. The summed E-state index contributed by atoms with van der Waals surface area (Å²) in [5.74, 6) is 0.662. The number of benzene rings is 3. The Morgan fingerprint density at radius 1 is 0.878 bits per heavy atom. The summed E-state index contributed by atoms with van der Waals surface area (Å²) in [6.07, 6.45) is 2.91. The maximum atomic E-state index is 12.4. The normalized spacial score (nSPS) is 13.9. The third-order valence-electron chi connectivity index (χ3n) is 6.69. The first-order chi connectivity index (χ1) is 19.9. The number of hydrogen-bond donors (Lipinski definition) is 2. The predicted octanol–water partition coefficient (Wildman–Crippen LogP) is 7.76. The van der Waals surface area contributed by atoms with Crippen molar-refractivity contribution in [2.45, 2.75) is 6.54 Å². The van der Waals surface area contributed by atoms with Gasteiger partial charge < -0.3 is 14.6 Å². The fourth-order valence-electron chi connectivity index (χ4n) is 4.54. The molecule has 1 aromatic heterocycles. The monoisotopic (exact) mass is 624 g/mol. The number of thiocarbonyl (C=S) groups is 1. The molecule has 2 N–H and O–H groups in total. The summed E-state index contributed by atoms with van der Waals surface area (Å²) < 4.78 is 5.78. The fourth-order valence-corrected chi connectivity index (χ4v) is 5.35. The number of carbonyl (C=O) groups excluding carboxylic acids is 1. The zero-order chi connectivity index (χ0) is 28.8. The summed E-state index contributed by atoms with van der Waals surface area (Å²) in [5, 5.41) is 7.57. The smallest absolute Gasteiger partial charge is 0.250 e. The van der Waals surface area contributed by atoms with Gasteiger partial charge in [0.05, 0.1) is 10.0 Å². The second kappa shape index (κ2) is 13.6. The van der Waals surface area contributed by atoms with Gasteiger partial charge in [-0.1, -0.05) is 59.1 Å². The first-order valence-corrected chi connectivity index (χ1v) is 14.5. The van der Waals surface area contributed by atoms with Crippen LogP contribution in [0.15, 0.2) is 89.4 Å². The highest BCUT2D eigenvalue weighted by molar-refractivity contribution is 7.80. The third-order valence-corrected chi connectivity index (χ3v) is 8.09. The van der Waals surface area contributed by atoms with E-state index in [9.17, 15) is 4.79 Å². The van der Waals surface area contributed by atoms with Crippen LogP contribution >= 0.6 is 47.0 Å². The average Bonchev–Trinajstić information content (AvgIpc) is 3.44. The van der Waals surface area contributed by atoms with Gasteiger partial charge in [0, 0.05) is 60.8 Å². The Kier molecular flexibility index (Phi) is 9.64. The van der Waals surface area contributed by atoms with Crippen molar-refractivity contribution >= 4 is 75.5 Å². The SMILES string of the molecule is O=C(C=Cc1ccc(-c2cccc(Cl)c2Cl)o1)NC(=S)Nc1ccc(N2CCN(Cc3ccccc3Cl)CC2)cc1. The molecule has 210 valence electrons. The number of amides is 1. The molecule has 2 heterocycles. The summed E-state index contributed by atoms with van der Waals surface area (Å²) >= 11 is 24.0. The van der Waals surface area contributed by atoms with Crippen LogP contribution in [0.2, 0.25) is 15.1 Å². The van der Waals surface area contributed by atoms with Gasteiger partial charge in [-0.25, -0.2) is 0 Å². The van der Waals surface area contributed by atoms with E-state index in [1.807, 2.05) is 36.4 Å². The van der Waals surface area contributed by atoms with Gasteiger partial charge in [0.15, 0.2) is 5.11 Å². The number of furan rings is 1. The number of halogens is 3. The zero-order valence-electron chi connectivity index (χ0n) is 21.9. The van der Waals surface area contributed by atoms with Crippen molar-refractivity contribution in [3.8, 4) is 11.3 Å². The van der Waals surface area contributed by atoms with E-state index in [0.29, 0.717) is 27.1 Å². The second-order valence-electron chi connectivity index (χ2n) is 9.48. The lowest BCUT2D eigenvalue weighted by Gasteiger charge is -2.36. The van der Waals surface area contributed by atoms with Crippen molar-refractivity contribution in [2.24, 2.45) is 0 Å². The average molecular weight is 626 g/mol. The highest BCUT2D eigenvalue weighted by atomic mass is 35.5. The maximum Gasteiger partial charge on any atom is 0.250 e. The summed E-state index contributed by atoms with van der Waals surface area (Å²) in [7, 11) is 0. The van der Waals surface area contributed by atoms with Crippen LogP contribution in [0.5, 0.6) is 0 Å². The van der Waals surface area contributed by atoms with Crippen molar-refractivity contribution in [1.82, 2.24) is 10.2 Å². The molecule has 1 amide bonds.